The van der Waals surface area contributed by atoms with Crippen LogP contribution in [0.5, 0.6) is 0 Å². The number of carbonyl (C=O) groups excluding carboxylic acids is 1. The monoisotopic (exact) mass is 364 g/mol. The average Bonchev–Trinajstić information content (AvgIpc) is 3.16. The molecule has 1 saturated heterocycles. The maximum atomic E-state index is 12.3. The summed E-state index contributed by atoms with van der Waals surface area (Å²) in [6.07, 6.45) is 9.14. The van der Waals surface area contributed by atoms with Crippen LogP contribution in [-0.4, -0.2) is 57.2 Å². The van der Waals surface area contributed by atoms with Gasteiger partial charge in [0.05, 0.1) is 25.0 Å². The van der Waals surface area contributed by atoms with Gasteiger partial charge >= 0.3 is 6.09 Å². The zero-order valence-corrected chi connectivity index (χ0v) is 16.2. The van der Waals surface area contributed by atoms with E-state index in [0.29, 0.717) is 12.6 Å². The number of carbonyl (C=O) groups is 1. The number of likely N-dealkylation sites (tertiary alicyclic amines) is 1. The number of amides is 1. The van der Waals surface area contributed by atoms with Gasteiger partial charge in [0, 0.05) is 25.3 Å². The smallest absolute Gasteiger partial charge is 0.410 e. The minimum absolute atomic E-state index is 0.0984. The molecule has 1 saturated carbocycles. The Morgan fingerprint density at radius 1 is 1.38 bits per heavy atom. The van der Waals surface area contributed by atoms with Gasteiger partial charge < -0.3 is 20.1 Å². The molecule has 0 unspecified atom stereocenters. The maximum absolute atomic E-state index is 12.3. The van der Waals surface area contributed by atoms with Gasteiger partial charge in [-0.25, -0.2) is 4.79 Å². The van der Waals surface area contributed by atoms with Gasteiger partial charge in [-0.1, -0.05) is 0 Å². The summed E-state index contributed by atoms with van der Waals surface area (Å²) in [5, 5.41) is 16.8. The molecule has 3 rings (SSSR count). The van der Waals surface area contributed by atoms with Crippen LogP contribution in [0.15, 0.2) is 12.4 Å². The molecule has 26 heavy (non-hydrogen) atoms. The lowest BCUT2D eigenvalue weighted by atomic mass is 9.72. The predicted molar refractivity (Wildman–Crippen MR) is 100 cm³/mol. The zero-order chi connectivity index (χ0) is 18.8. The number of hydrogen-bond acceptors (Lipinski definition) is 5. The first-order valence-corrected chi connectivity index (χ1v) is 9.66. The van der Waals surface area contributed by atoms with Crippen molar-refractivity contribution in [2.24, 2.45) is 5.41 Å². The molecule has 1 amide bonds. The van der Waals surface area contributed by atoms with Crippen molar-refractivity contribution >= 4 is 11.8 Å². The van der Waals surface area contributed by atoms with Gasteiger partial charge in [-0.3, -0.25) is 4.68 Å². The summed E-state index contributed by atoms with van der Waals surface area (Å²) >= 11 is 0. The third-order valence-electron chi connectivity index (χ3n) is 5.47. The minimum atomic E-state index is -0.436. The van der Waals surface area contributed by atoms with Gasteiger partial charge in [0.2, 0.25) is 0 Å². The summed E-state index contributed by atoms with van der Waals surface area (Å²) in [5.74, 6) is 0. The molecule has 146 valence electrons. The van der Waals surface area contributed by atoms with Crippen LogP contribution in [0.25, 0.3) is 0 Å². The van der Waals surface area contributed by atoms with Crippen molar-refractivity contribution in [1.29, 1.82) is 0 Å². The minimum Gasteiger partial charge on any atom is -0.444 e. The van der Waals surface area contributed by atoms with E-state index in [9.17, 15) is 4.79 Å². The molecular weight excluding hydrogens is 332 g/mol. The van der Waals surface area contributed by atoms with Crippen LogP contribution in [-0.2, 0) is 11.3 Å². The molecule has 1 spiro atoms. The van der Waals surface area contributed by atoms with Gasteiger partial charge in [-0.05, 0) is 58.3 Å². The quantitative estimate of drug-likeness (QED) is 0.859. The third kappa shape index (κ3) is 4.69. The number of aromatic nitrogens is 2. The first kappa shape index (κ1) is 19.0. The summed E-state index contributed by atoms with van der Waals surface area (Å²) in [5.41, 5.74) is 0.839. The molecular formula is C19H32N4O3. The van der Waals surface area contributed by atoms with E-state index in [0.717, 1.165) is 50.9 Å². The highest BCUT2D eigenvalue weighted by Crippen LogP contribution is 2.44. The number of ether oxygens (including phenoxy) is 1. The molecule has 0 radical (unpaired) electrons. The summed E-state index contributed by atoms with van der Waals surface area (Å²) in [7, 11) is 0. The number of nitrogens with one attached hydrogen (secondary N) is 1. The van der Waals surface area contributed by atoms with E-state index in [1.807, 2.05) is 38.1 Å². The molecule has 2 aliphatic rings. The largest absolute Gasteiger partial charge is 0.444 e. The summed E-state index contributed by atoms with van der Waals surface area (Å²) in [4.78, 5) is 14.2. The summed E-state index contributed by atoms with van der Waals surface area (Å²) in [6.45, 7) is 7.99. The van der Waals surface area contributed by atoms with Gasteiger partial charge in [0.1, 0.15) is 5.60 Å². The van der Waals surface area contributed by atoms with Gasteiger partial charge in [0.25, 0.3) is 0 Å². The molecule has 0 bridgehead atoms. The Morgan fingerprint density at radius 2 is 2.12 bits per heavy atom. The second kappa shape index (κ2) is 7.47. The van der Waals surface area contributed by atoms with Crippen LogP contribution in [0.2, 0.25) is 0 Å². The topological polar surface area (TPSA) is 79.6 Å². The molecule has 2 fully saturated rings. The van der Waals surface area contributed by atoms with Crippen molar-refractivity contribution in [2.75, 3.05) is 25.0 Å². The fourth-order valence-electron chi connectivity index (χ4n) is 4.10. The molecule has 1 aromatic rings. The predicted octanol–water partition coefficient (Wildman–Crippen LogP) is 2.86. The molecule has 1 aliphatic heterocycles. The molecule has 0 aromatic carbocycles. The Bertz CT molecular complexity index is 615. The summed E-state index contributed by atoms with van der Waals surface area (Å²) < 4.78 is 7.28. The lowest BCUT2D eigenvalue weighted by Crippen LogP contribution is -2.39. The number of rotatable bonds is 4. The van der Waals surface area contributed by atoms with Crippen molar-refractivity contribution in [3.8, 4) is 0 Å². The van der Waals surface area contributed by atoms with Crippen molar-refractivity contribution in [3.05, 3.63) is 12.4 Å². The number of aliphatic hydroxyl groups is 1. The molecule has 2 heterocycles. The molecule has 7 heteroatoms. The standard InChI is InChI=1S/C19H32N4O3/c1-18(2,3)26-17(25)22-9-8-19(14-22)6-4-15(5-7-19)21-16-12-20-23(13-16)10-11-24/h12-13,15,21,24H,4-11,14H2,1-3H3. The Kier molecular flexibility index (Phi) is 5.46. The molecule has 1 aliphatic carbocycles. The van der Waals surface area contributed by atoms with E-state index in [4.69, 9.17) is 9.84 Å². The summed E-state index contributed by atoms with van der Waals surface area (Å²) in [6, 6.07) is 0.447. The number of nitrogens with zero attached hydrogens (tertiary/aromatic N) is 3. The number of aliphatic hydroxyl groups excluding tert-OH is 1. The van der Waals surface area contributed by atoms with E-state index in [1.54, 1.807) is 4.68 Å². The Balaban J connectivity index is 1.48. The van der Waals surface area contributed by atoms with Crippen LogP contribution in [0.4, 0.5) is 10.5 Å². The van der Waals surface area contributed by atoms with E-state index < -0.39 is 5.60 Å². The Labute approximate surface area is 155 Å². The van der Waals surface area contributed by atoms with Crippen molar-refractivity contribution in [1.82, 2.24) is 14.7 Å². The molecule has 0 atom stereocenters. The Hall–Kier alpha value is -1.76. The third-order valence-corrected chi connectivity index (χ3v) is 5.47. The number of anilines is 1. The van der Waals surface area contributed by atoms with Crippen molar-refractivity contribution in [3.63, 3.8) is 0 Å². The fourth-order valence-corrected chi connectivity index (χ4v) is 4.10. The fraction of sp³-hybridized carbons (Fsp3) is 0.789. The van der Waals surface area contributed by atoms with E-state index in [2.05, 4.69) is 10.4 Å². The Morgan fingerprint density at radius 3 is 2.77 bits per heavy atom. The zero-order valence-electron chi connectivity index (χ0n) is 16.2. The first-order chi connectivity index (χ1) is 12.3. The van der Waals surface area contributed by atoms with Crippen LogP contribution in [0, 0.1) is 5.41 Å². The van der Waals surface area contributed by atoms with Gasteiger partial charge in [0.15, 0.2) is 0 Å². The number of hydrogen-bond donors (Lipinski definition) is 2. The van der Waals surface area contributed by atoms with E-state index >= 15 is 0 Å². The highest BCUT2D eigenvalue weighted by Gasteiger charge is 2.43. The van der Waals surface area contributed by atoms with E-state index in [-0.39, 0.29) is 18.1 Å². The molecule has 7 nitrogen and oxygen atoms in total. The normalized spacial score (nSPS) is 26.3. The van der Waals surface area contributed by atoms with Crippen LogP contribution < -0.4 is 5.32 Å². The van der Waals surface area contributed by atoms with Crippen molar-refractivity contribution < 1.29 is 14.6 Å². The van der Waals surface area contributed by atoms with Crippen molar-refractivity contribution in [2.45, 2.75) is 71.1 Å². The van der Waals surface area contributed by atoms with E-state index in [1.165, 1.54) is 0 Å². The first-order valence-electron chi connectivity index (χ1n) is 9.66. The van der Waals surface area contributed by atoms with Crippen LogP contribution >= 0.6 is 0 Å². The average molecular weight is 364 g/mol. The highest BCUT2D eigenvalue weighted by molar-refractivity contribution is 5.68. The lowest BCUT2D eigenvalue weighted by Gasteiger charge is -2.37. The second-order valence-electron chi connectivity index (χ2n) is 8.79. The lowest BCUT2D eigenvalue weighted by molar-refractivity contribution is 0.0261. The van der Waals surface area contributed by atoms with Gasteiger partial charge in [-0.15, -0.1) is 0 Å². The molecule has 1 aromatic heterocycles. The molecule has 2 N–H and O–H groups in total. The maximum Gasteiger partial charge on any atom is 0.410 e. The van der Waals surface area contributed by atoms with Crippen LogP contribution in [0.1, 0.15) is 52.9 Å². The van der Waals surface area contributed by atoms with Crippen LogP contribution in [0.3, 0.4) is 0 Å². The van der Waals surface area contributed by atoms with Gasteiger partial charge in [-0.2, -0.15) is 5.10 Å². The highest BCUT2D eigenvalue weighted by atomic mass is 16.6. The SMILES string of the molecule is CC(C)(C)OC(=O)N1CCC2(CCC(Nc3cnn(CCO)c3)CC2)C1. The second-order valence-corrected chi connectivity index (χ2v) is 8.79.